The minimum absolute atomic E-state index is 0.0365. The first-order valence-electron chi connectivity index (χ1n) is 14.1. The van der Waals surface area contributed by atoms with Crippen molar-refractivity contribution in [3.63, 3.8) is 0 Å². The average Bonchev–Trinajstić information content (AvgIpc) is 3.56. The summed E-state index contributed by atoms with van der Waals surface area (Å²) in [4.78, 5) is 36.9. The van der Waals surface area contributed by atoms with Gasteiger partial charge >= 0.3 is 0 Å². The fourth-order valence-corrected chi connectivity index (χ4v) is 6.57. The van der Waals surface area contributed by atoms with Crippen molar-refractivity contribution in [1.29, 1.82) is 0 Å². The Hall–Kier alpha value is -4.08. The van der Waals surface area contributed by atoms with Crippen molar-refractivity contribution in [1.82, 2.24) is 29.0 Å². The second-order valence-electron chi connectivity index (χ2n) is 10.6. The molecule has 5 aromatic rings. The van der Waals surface area contributed by atoms with E-state index in [4.69, 9.17) is 10.1 Å². The lowest BCUT2D eigenvalue weighted by Crippen LogP contribution is -2.48. The van der Waals surface area contributed by atoms with E-state index in [9.17, 15) is 9.59 Å². The largest absolute Gasteiger partial charge is 0.340 e. The highest BCUT2D eigenvalue weighted by molar-refractivity contribution is 7.15. The molecule has 0 N–H and O–H groups in total. The molecule has 0 spiro atoms. The van der Waals surface area contributed by atoms with Crippen molar-refractivity contribution in [2.75, 3.05) is 26.2 Å². The van der Waals surface area contributed by atoms with E-state index in [1.807, 2.05) is 59.1 Å². The van der Waals surface area contributed by atoms with Gasteiger partial charge in [0.2, 0.25) is 5.91 Å². The van der Waals surface area contributed by atoms with Crippen LogP contribution in [0.5, 0.6) is 0 Å². The van der Waals surface area contributed by atoms with Gasteiger partial charge in [-0.25, -0.2) is 9.67 Å². The molecule has 9 heteroatoms. The first kappa shape index (κ1) is 27.1. The summed E-state index contributed by atoms with van der Waals surface area (Å²) in [5.74, 6) is 0.0365. The molecule has 0 atom stereocenters. The summed E-state index contributed by atoms with van der Waals surface area (Å²) in [6.45, 7) is 9.89. The van der Waals surface area contributed by atoms with Gasteiger partial charge in [-0.2, -0.15) is 5.10 Å². The smallest absolute Gasteiger partial charge is 0.268 e. The van der Waals surface area contributed by atoms with Crippen LogP contribution < -0.4 is 5.56 Å². The van der Waals surface area contributed by atoms with Gasteiger partial charge in [-0.3, -0.25) is 18.9 Å². The van der Waals surface area contributed by atoms with Gasteiger partial charge in [-0.15, -0.1) is 11.3 Å². The minimum atomic E-state index is -0.183. The third-order valence-electron chi connectivity index (χ3n) is 7.87. The molecule has 1 aliphatic rings. The summed E-state index contributed by atoms with van der Waals surface area (Å²) in [5.41, 5.74) is 6.61. The van der Waals surface area contributed by atoms with Crippen LogP contribution in [0.3, 0.4) is 0 Å². The Kier molecular flexibility index (Phi) is 7.55. The maximum atomic E-state index is 13.9. The van der Waals surface area contributed by atoms with Crippen LogP contribution in [-0.2, 0) is 24.2 Å². The molecule has 0 radical (unpaired) electrons. The number of aryl methyl sites for hydroxylation is 3. The molecule has 1 fully saturated rings. The number of benzene rings is 2. The maximum Gasteiger partial charge on any atom is 0.268 e. The van der Waals surface area contributed by atoms with Crippen molar-refractivity contribution in [3.8, 4) is 16.9 Å². The van der Waals surface area contributed by atoms with Crippen molar-refractivity contribution in [2.24, 2.45) is 0 Å². The van der Waals surface area contributed by atoms with Crippen LogP contribution in [0.2, 0.25) is 0 Å². The van der Waals surface area contributed by atoms with Gasteiger partial charge in [0.05, 0.1) is 23.4 Å². The van der Waals surface area contributed by atoms with E-state index in [0.717, 1.165) is 37.4 Å². The van der Waals surface area contributed by atoms with Crippen LogP contribution in [-0.4, -0.2) is 61.1 Å². The first-order valence-corrected chi connectivity index (χ1v) is 15.0. The number of carbonyl (C=O) groups excluding carboxylic acids is 1. The topological polar surface area (TPSA) is 75.7 Å². The zero-order valence-corrected chi connectivity index (χ0v) is 24.5. The summed E-state index contributed by atoms with van der Waals surface area (Å²) in [6, 6.07) is 20.5. The lowest BCUT2D eigenvalue weighted by atomic mass is 10.1. The summed E-state index contributed by atoms with van der Waals surface area (Å²) >= 11 is 1.39. The van der Waals surface area contributed by atoms with E-state index in [-0.39, 0.29) is 17.9 Å². The summed E-state index contributed by atoms with van der Waals surface area (Å²) in [6.07, 6.45) is 1.05. The van der Waals surface area contributed by atoms with Crippen LogP contribution in [0.15, 0.2) is 70.8 Å². The molecule has 4 heterocycles. The lowest BCUT2D eigenvalue weighted by molar-refractivity contribution is -0.132. The predicted molar refractivity (Wildman–Crippen MR) is 163 cm³/mol. The zero-order valence-electron chi connectivity index (χ0n) is 23.7. The standard InChI is InChI=1S/C32H34N6O2S/c1-4-25-12-8-9-13-28(25)38-22(2)18-27(34-38)30-23(3)33-32-37(31(30)40)26(21-41-32)19-29(39)36-16-14-35(15-17-36)20-24-10-6-5-7-11-24/h5-13,18,21H,4,14-17,19-20H2,1-3H3. The second-order valence-corrected chi connectivity index (χ2v) is 11.4. The molecule has 8 nitrogen and oxygen atoms in total. The van der Waals surface area contributed by atoms with Gasteiger partial charge in [0, 0.05) is 49.5 Å². The van der Waals surface area contributed by atoms with Gasteiger partial charge in [-0.1, -0.05) is 55.5 Å². The van der Waals surface area contributed by atoms with Crippen LogP contribution in [0.1, 0.15) is 35.1 Å². The summed E-state index contributed by atoms with van der Waals surface area (Å²) in [5, 5.41) is 6.75. The average molecular weight is 567 g/mol. The highest BCUT2D eigenvalue weighted by Gasteiger charge is 2.24. The fourth-order valence-electron chi connectivity index (χ4n) is 5.64. The summed E-state index contributed by atoms with van der Waals surface area (Å²) < 4.78 is 3.50. The van der Waals surface area contributed by atoms with Crippen LogP contribution in [0.25, 0.3) is 21.9 Å². The Balaban J connectivity index is 1.24. The number of para-hydroxylation sites is 1. The molecule has 6 rings (SSSR count). The Bertz CT molecular complexity index is 1760. The first-order chi connectivity index (χ1) is 19.9. The van der Waals surface area contributed by atoms with Crippen LogP contribution in [0, 0.1) is 13.8 Å². The SMILES string of the molecule is CCc1ccccc1-n1nc(-c2c(C)nc3scc(CC(=O)N4CCN(Cc5ccccc5)CC4)n3c2=O)cc1C. The molecular weight excluding hydrogens is 532 g/mol. The molecule has 0 aliphatic carbocycles. The van der Waals surface area contributed by atoms with Crippen molar-refractivity contribution in [3.05, 3.63) is 105 Å². The number of hydrogen-bond donors (Lipinski definition) is 0. The third-order valence-corrected chi connectivity index (χ3v) is 8.75. The minimum Gasteiger partial charge on any atom is -0.340 e. The Labute approximate surface area is 243 Å². The van der Waals surface area contributed by atoms with Gasteiger partial charge in [-0.05, 0) is 43.5 Å². The van der Waals surface area contributed by atoms with E-state index in [0.29, 0.717) is 40.7 Å². The molecule has 1 amide bonds. The highest BCUT2D eigenvalue weighted by atomic mass is 32.1. The van der Waals surface area contributed by atoms with Gasteiger partial charge in [0.25, 0.3) is 5.56 Å². The molecule has 1 saturated heterocycles. The van der Waals surface area contributed by atoms with E-state index in [1.165, 1.54) is 22.5 Å². The van der Waals surface area contributed by atoms with Crippen LogP contribution in [0.4, 0.5) is 0 Å². The number of carbonyl (C=O) groups is 1. The maximum absolute atomic E-state index is 13.9. The number of nitrogens with zero attached hydrogens (tertiary/aromatic N) is 6. The summed E-state index contributed by atoms with van der Waals surface area (Å²) in [7, 11) is 0. The molecule has 41 heavy (non-hydrogen) atoms. The molecule has 2 aromatic carbocycles. The molecule has 1 aliphatic heterocycles. The molecule has 0 bridgehead atoms. The number of amides is 1. The quantitative estimate of drug-likeness (QED) is 0.286. The van der Waals surface area contributed by atoms with Crippen LogP contribution >= 0.6 is 11.3 Å². The monoisotopic (exact) mass is 566 g/mol. The molecule has 3 aromatic heterocycles. The lowest BCUT2D eigenvalue weighted by Gasteiger charge is -2.34. The zero-order chi connectivity index (χ0) is 28.5. The predicted octanol–water partition coefficient (Wildman–Crippen LogP) is 4.67. The van der Waals surface area contributed by atoms with Gasteiger partial charge in [0.15, 0.2) is 4.96 Å². The number of rotatable bonds is 7. The van der Waals surface area contributed by atoms with Crippen molar-refractivity contribution < 1.29 is 4.79 Å². The Morgan fingerprint density at radius 2 is 1.71 bits per heavy atom. The molecular formula is C32H34N6O2S. The van der Waals surface area contributed by atoms with Gasteiger partial charge < -0.3 is 4.90 Å². The number of fused-ring (bicyclic) bond motifs is 1. The normalized spacial score (nSPS) is 14.2. The number of aromatic nitrogens is 4. The second kappa shape index (κ2) is 11.4. The third kappa shape index (κ3) is 5.35. The van der Waals surface area contributed by atoms with E-state index < -0.39 is 0 Å². The van der Waals surface area contributed by atoms with Crippen molar-refractivity contribution >= 4 is 22.2 Å². The van der Waals surface area contributed by atoms with E-state index in [2.05, 4.69) is 42.2 Å². The number of hydrogen-bond acceptors (Lipinski definition) is 6. The van der Waals surface area contributed by atoms with E-state index >= 15 is 0 Å². The molecule has 0 saturated carbocycles. The van der Waals surface area contributed by atoms with Gasteiger partial charge in [0.1, 0.15) is 5.69 Å². The van der Waals surface area contributed by atoms with Crippen molar-refractivity contribution in [2.45, 2.75) is 40.2 Å². The highest BCUT2D eigenvalue weighted by Crippen LogP contribution is 2.25. The molecule has 210 valence electrons. The number of thiazole rings is 1. The Morgan fingerprint density at radius 3 is 2.46 bits per heavy atom. The number of piperazine rings is 1. The Morgan fingerprint density at radius 1 is 0.976 bits per heavy atom. The fraction of sp³-hybridized carbons (Fsp3) is 0.312. The molecule has 0 unspecified atom stereocenters. The van der Waals surface area contributed by atoms with E-state index in [1.54, 1.807) is 4.40 Å².